The molecule has 0 aliphatic heterocycles. The summed E-state index contributed by atoms with van der Waals surface area (Å²) in [5, 5.41) is 0. The number of hydrogen-bond donors (Lipinski definition) is 0. The van der Waals surface area contributed by atoms with E-state index in [9.17, 15) is 0 Å². The van der Waals surface area contributed by atoms with Gasteiger partial charge in [0.15, 0.2) is 0 Å². The second-order valence-electron chi connectivity index (χ2n) is 5.60. The summed E-state index contributed by atoms with van der Waals surface area (Å²) in [6.45, 7) is 6.99. The Balaban J connectivity index is 1.79. The standard InChI is InChI=1S/C15H22/c1-12-6-4-7-14(10-12)8-5-9-15(3)11-13(15)2/h4,6-7,10,13H,5,8-9,11H2,1-3H3. The van der Waals surface area contributed by atoms with E-state index in [0.717, 1.165) is 5.92 Å². The van der Waals surface area contributed by atoms with Gasteiger partial charge in [-0.05, 0) is 49.5 Å². The Morgan fingerprint density at radius 2 is 2.13 bits per heavy atom. The summed E-state index contributed by atoms with van der Waals surface area (Å²) in [6.07, 6.45) is 5.46. The Hall–Kier alpha value is -0.780. The van der Waals surface area contributed by atoms with Gasteiger partial charge in [0.05, 0.1) is 0 Å². The fourth-order valence-corrected chi connectivity index (χ4v) is 2.55. The third-order valence-corrected chi connectivity index (χ3v) is 4.10. The van der Waals surface area contributed by atoms with Crippen LogP contribution in [-0.2, 0) is 6.42 Å². The van der Waals surface area contributed by atoms with Crippen LogP contribution in [0.5, 0.6) is 0 Å². The number of rotatable bonds is 4. The summed E-state index contributed by atoms with van der Waals surface area (Å²) in [7, 11) is 0. The van der Waals surface area contributed by atoms with E-state index in [1.165, 1.54) is 36.8 Å². The minimum absolute atomic E-state index is 0.684. The average molecular weight is 202 g/mol. The van der Waals surface area contributed by atoms with Gasteiger partial charge in [-0.3, -0.25) is 0 Å². The van der Waals surface area contributed by atoms with Crippen molar-refractivity contribution in [2.75, 3.05) is 0 Å². The fourth-order valence-electron chi connectivity index (χ4n) is 2.55. The second-order valence-corrected chi connectivity index (χ2v) is 5.60. The van der Waals surface area contributed by atoms with Crippen LogP contribution in [0.25, 0.3) is 0 Å². The van der Waals surface area contributed by atoms with Crippen LogP contribution in [0.3, 0.4) is 0 Å². The largest absolute Gasteiger partial charge is 0.0620 e. The minimum Gasteiger partial charge on any atom is -0.0620 e. The molecule has 1 saturated carbocycles. The van der Waals surface area contributed by atoms with Crippen LogP contribution in [-0.4, -0.2) is 0 Å². The Kier molecular flexibility index (Phi) is 2.86. The number of benzene rings is 1. The van der Waals surface area contributed by atoms with Gasteiger partial charge in [-0.2, -0.15) is 0 Å². The molecular weight excluding hydrogens is 180 g/mol. The van der Waals surface area contributed by atoms with Gasteiger partial charge in [-0.15, -0.1) is 0 Å². The Labute approximate surface area is 93.7 Å². The third kappa shape index (κ3) is 2.62. The van der Waals surface area contributed by atoms with Crippen LogP contribution in [0.2, 0.25) is 0 Å². The molecule has 0 nitrogen and oxygen atoms in total. The highest BCUT2D eigenvalue weighted by atomic mass is 14.5. The highest BCUT2D eigenvalue weighted by Gasteiger charge is 2.45. The molecule has 0 radical (unpaired) electrons. The van der Waals surface area contributed by atoms with Crippen LogP contribution in [0, 0.1) is 18.3 Å². The summed E-state index contributed by atoms with van der Waals surface area (Å²) in [5.74, 6) is 0.968. The van der Waals surface area contributed by atoms with Crippen molar-refractivity contribution in [1.82, 2.24) is 0 Å². The van der Waals surface area contributed by atoms with Crippen molar-refractivity contribution < 1.29 is 0 Å². The summed E-state index contributed by atoms with van der Waals surface area (Å²) in [5.41, 5.74) is 3.58. The van der Waals surface area contributed by atoms with Crippen molar-refractivity contribution in [2.45, 2.75) is 46.5 Å². The molecule has 1 aliphatic carbocycles. The van der Waals surface area contributed by atoms with Crippen molar-refractivity contribution in [2.24, 2.45) is 11.3 Å². The van der Waals surface area contributed by atoms with Gasteiger partial charge in [0, 0.05) is 0 Å². The molecule has 1 aromatic carbocycles. The van der Waals surface area contributed by atoms with E-state index in [4.69, 9.17) is 0 Å². The van der Waals surface area contributed by atoms with Gasteiger partial charge in [0.2, 0.25) is 0 Å². The van der Waals surface area contributed by atoms with E-state index in [-0.39, 0.29) is 0 Å². The first-order valence-corrected chi connectivity index (χ1v) is 6.16. The molecule has 2 rings (SSSR count). The van der Waals surface area contributed by atoms with Crippen LogP contribution >= 0.6 is 0 Å². The molecule has 0 N–H and O–H groups in total. The Bertz CT molecular complexity index is 340. The van der Waals surface area contributed by atoms with Crippen molar-refractivity contribution in [3.63, 3.8) is 0 Å². The van der Waals surface area contributed by atoms with E-state index < -0.39 is 0 Å². The fraction of sp³-hybridized carbons (Fsp3) is 0.600. The summed E-state index contributed by atoms with van der Waals surface area (Å²) >= 11 is 0. The number of aryl methyl sites for hydroxylation is 2. The molecule has 0 heterocycles. The molecular formula is C15H22. The zero-order valence-electron chi connectivity index (χ0n) is 10.2. The molecule has 82 valence electrons. The average Bonchev–Trinajstić information content (AvgIpc) is 2.74. The monoisotopic (exact) mass is 202 g/mol. The lowest BCUT2D eigenvalue weighted by molar-refractivity contribution is 0.456. The molecule has 15 heavy (non-hydrogen) atoms. The van der Waals surface area contributed by atoms with Crippen LogP contribution in [0.4, 0.5) is 0 Å². The molecule has 2 unspecified atom stereocenters. The van der Waals surface area contributed by atoms with E-state index in [0.29, 0.717) is 5.41 Å². The molecule has 1 aromatic rings. The zero-order valence-corrected chi connectivity index (χ0v) is 10.2. The van der Waals surface area contributed by atoms with Crippen molar-refractivity contribution in [3.05, 3.63) is 35.4 Å². The molecule has 0 spiro atoms. The lowest BCUT2D eigenvalue weighted by Crippen LogP contribution is -1.97. The molecule has 1 fully saturated rings. The summed E-state index contributed by atoms with van der Waals surface area (Å²) in [6, 6.07) is 8.92. The molecule has 0 bridgehead atoms. The highest BCUT2D eigenvalue weighted by Crippen LogP contribution is 2.55. The predicted octanol–water partition coefficient (Wildman–Crippen LogP) is 4.36. The van der Waals surface area contributed by atoms with E-state index in [1.54, 1.807) is 0 Å². The van der Waals surface area contributed by atoms with Gasteiger partial charge in [0.25, 0.3) is 0 Å². The van der Waals surface area contributed by atoms with Gasteiger partial charge < -0.3 is 0 Å². The Morgan fingerprint density at radius 3 is 2.73 bits per heavy atom. The predicted molar refractivity (Wildman–Crippen MR) is 66.0 cm³/mol. The first-order chi connectivity index (χ1) is 7.10. The molecule has 0 saturated heterocycles. The lowest BCUT2D eigenvalue weighted by Gasteiger charge is -2.09. The topological polar surface area (TPSA) is 0 Å². The summed E-state index contributed by atoms with van der Waals surface area (Å²) in [4.78, 5) is 0. The Morgan fingerprint density at radius 1 is 1.40 bits per heavy atom. The van der Waals surface area contributed by atoms with Gasteiger partial charge in [0.1, 0.15) is 0 Å². The third-order valence-electron chi connectivity index (χ3n) is 4.10. The smallest absolute Gasteiger partial charge is 0.0279 e. The first-order valence-electron chi connectivity index (χ1n) is 6.16. The normalized spacial score (nSPS) is 29.1. The highest BCUT2D eigenvalue weighted by molar-refractivity contribution is 5.22. The van der Waals surface area contributed by atoms with Crippen LogP contribution in [0.1, 0.15) is 44.2 Å². The van der Waals surface area contributed by atoms with Crippen LogP contribution in [0.15, 0.2) is 24.3 Å². The quantitative estimate of drug-likeness (QED) is 0.680. The van der Waals surface area contributed by atoms with Gasteiger partial charge >= 0.3 is 0 Å². The van der Waals surface area contributed by atoms with E-state index in [2.05, 4.69) is 45.0 Å². The maximum atomic E-state index is 2.44. The van der Waals surface area contributed by atoms with Crippen molar-refractivity contribution >= 4 is 0 Å². The van der Waals surface area contributed by atoms with Gasteiger partial charge in [-0.25, -0.2) is 0 Å². The van der Waals surface area contributed by atoms with E-state index in [1.807, 2.05) is 0 Å². The first kappa shape index (κ1) is 10.7. The molecule has 0 heteroatoms. The molecule has 0 aromatic heterocycles. The SMILES string of the molecule is Cc1cccc(CCCC2(C)CC2C)c1. The lowest BCUT2D eigenvalue weighted by atomic mass is 9.96. The number of hydrogen-bond acceptors (Lipinski definition) is 0. The molecule has 2 atom stereocenters. The van der Waals surface area contributed by atoms with Crippen LogP contribution < -0.4 is 0 Å². The maximum Gasteiger partial charge on any atom is -0.0279 e. The zero-order chi connectivity index (χ0) is 10.9. The molecule has 1 aliphatic rings. The second kappa shape index (κ2) is 4.00. The summed E-state index contributed by atoms with van der Waals surface area (Å²) < 4.78 is 0. The maximum absolute atomic E-state index is 2.44. The van der Waals surface area contributed by atoms with Crippen molar-refractivity contribution in [3.8, 4) is 0 Å². The van der Waals surface area contributed by atoms with Crippen molar-refractivity contribution in [1.29, 1.82) is 0 Å². The van der Waals surface area contributed by atoms with Gasteiger partial charge in [-0.1, -0.05) is 43.7 Å². The minimum atomic E-state index is 0.684. The molecule has 0 amide bonds. The van der Waals surface area contributed by atoms with E-state index >= 15 is 0 Å².